The summed E-state index contributed by atoms with van der Waals surface area (Å²) < 4.78 is 4.55. The zero-order valence-corrected chi connectivity index (χ0v) is 15.0. The molecule has 0 saturated heterocycles. The fourth-order valence-electron chi connectivity index (χ4n) is 1.83. The Morgan fingerprint density at radius 3 is 2.24 bits per heavy atom. The van der Waals surface area contributed by atoms with Crippen LogP contribution >= 0.6 is 11.3 Å². The molecule has 0 aliphatic heterocycles. The van der Waals surface area contributed by atoms with E-state index < -0.39 is 0 Å². The van der Waals surface area contributed by atoms with Crippen LogP contribution in [0.5, 0.6) is 0 Å². The molecule has 0 bridgehead atoms. The van der Waals surface area contributed by atoms with Gasteiger partial charge in [-0.05, 0) is 52.2 Å². The summed E-state index contributed by atoms with van der Waals surface area (Å²) in [6.07, 6.45) is 8.00. The second kappa shape index (κ2) is 10.7. The summed E-state index contributed by atoms with van der Waals surface area (Å²) >= 11 is 1.76. The Balaban J connectivity index is 0.000000486. The average Bonchev–Trinajstić information content (AvgIpc) is 2.67. The summed E-state index contributed by atoms with van der Waals surface area (Å²) in [6.45, 7) is 10.3. The van der Waals surface area contributed by atoms with Crippen LogP contribution in [0.4, 0.5) is 5.00 Å². The number of unbranched alkanes of at least 4 members (excludes halogenated alkanes) is 4. The summed E-state index contributed by atoms with van der Waals surface area (Å²) in [7, 11) is 0. The predicted octanol–water partition coefficient (Wildman–Crippen LogP) is 5.11. The van der Waals surface area contributed by atoms with Crippen LogP contribution in [-0.4, -0.2) is 12.1 Å². The highest BCUT2D eigenvalue weighted by molar-refractivity contribution is 7.16. The fraction of sp³-hybridized carbons (Fsp3) is 0.706. The van der Waals surface area contributed by atoms with E-state index in [-0.39, 0.29) is 5.60 Å². The molecule has 2 N–H and O–H groups in total. The zero-order valence-electron chi connectivity index (χ0n) is 14.2. The third-order valence-electron chi connectivity index (χ3n) is 2.95. The molecule has 0 aliphatic carbocycles. The number of nitrogen functional groups attached to an aromatic ring is 1. The van der Waals surface area contributed by atoms with Crippen LogP contribution in [0.25, 0.3) is 0 Å². The van der Waals surface area contributed by atoms with Crippen molar-refractivity contribution < 1.29 is 9.53 Å². The Morgan fingerprint density at radius 2 is 1.86 bits per heavy atom. The van der Waals surface area contributed by atoms with E-state index in [4.69, 9.17) is 5.73 Å². The average molecular weight is 314 g/mol. The first-order chi connectivity index (χ1) is 9.80. The highest BCUT2D eigenvalue weighted by atomic mass is 32.1. The van der Waals surface area contributed by atoms with Crippen LogP contribution in [0.1, 0.15) is 70.2 Å². The molecule has 1 rings (SSSR count). The molecule has 1 aromatic heterocycles. The Kier molecular flexibility index (Phi) is 10.1. The second-order valence-corrected chi connectivity index (χ2v) is 7.41. The van der Waals surface area contributed by atoms with Crippen molar-refractivity contribution in [3.8, 4) is 0 Å². The van der Waals surface area contributed by atoms with Crippen molar-refractivity contribution in [2.45, 2.75) is 78.7 Å². The van der Waals surface area contributed by atoms with Gasteiger partial charge in [0.2, 0.25) is 0 Å². The van der Waals surface area contributed by atoms with Crippen molar-refractivity contribution in [2.24, 2.45) is 0 Å². The molecule has 0 spiro atoms. The molecule has 1 aromatic rings. The number of ether oxygens (including phenoxy) is 1. The minimum absolute atomic E-state index is 0.318. The van der Waals surface area contributed by atoms with Crippen molar-refractivity contribution in [3.05, 3.63) is 16.5 Å². The van der Waals surface area contributed by atoms with Gasteiger partial charge in [0, 0.05) is 4.88 Å². The van der Waals surface area contributed by atoms with Crippen molar-refractivity contribution in [3.63, 3.8) is 0 Å². The van der Waals surface area contributed by atoms with Crippen LogP contribution in [-0.2, 0) is 16.0 Å². The van der Waals surface area contributed by atoms with Crippen LogP contribution in [0.15, 0.2) is 6.07 Å². The zero-order chi connectivity index (χ0) is 16.3. The Hall–Kier alpha value is -1.03. The first-order valence-corrected chi connectivity index (χ1v) is 8.58. The van der Waals surface area contributed by atoms with E-state index in [0.29, 0.717) is 6.47 Å². The maximum atomic E-state index is 9.60. The molecule has 4 heteroatoms. The molecule has 3 nitrogen and oxygen atoms in total. The van der Waals surface area contributed by atoms with E-state index in [1.165, 1.54) is 49.0 Å². The summed E-state index contributed by atoms with van der Waals surface area (Å²) in [6, 6.07) is 2.09. The van der Waals surface area contributed by atoms with Crippen LogP contribution in [0.3, 0.4) is 0 Å². The molecule has 21 heavy (non-hydrogen) atoms. The maximum Gasteiger partial charge on any atom is 0.293 e. The summed E-state index contributed by atoms with van der Waals surface area (Å²) in [5.41, 5.74) is 6.81. The topological polar surface area (TPSA) is 52.3 Å². The summed E-state index contributed by atoms with van der Waals surface area (Å²) in [4.78, 5) is 11.1. The molecule has 0 aliphatic rings. The molecule has 1 heterocycles. The lowest BCUT2D eigenvalue weighted by molar-refractivity contribution is -0.138. The van der Waals surface area contributed by atoms with Gasteiger partial charge in [0.25, 0.3) is 6.47 Å². The third-order valence-corrected chi connectivity index (χ3v) is 4.07. The number of rotatable bonds is 7. The standard InChI is InChI=1S/C12H21NS.C5H10O2/c1-3-4-5-6-7-8-11-10(2)9-12(13)14-11;1-5(2,3)7-4-6/h9H,3-8,13H2,1-2H3;4H,1-3H3. The summed E-state index contributed by atoms with van der Waals surface area (Å²) in [5.74, 6) is 0. The molecule has 0 radical (unpaired) electrons. The number of carbonyl (C=O) groups is 1. The molecule has 0 aromatic carbocycles. The third kappa shape index (κ3) is 11.3. The number of thiophene rings is 1. The number of nitrogens with two attached hydrogens (primary N) is 1. The largest absolute Gasteiger partial charge is 0.462 e. The minimum atomic E-state index is -0.318. The van der Waals surface area contributed by atoms with Gasteiger partial charge in [0.1, 0.15) is 5.60 Å². The van der Waals surface area contributed by atoms with E-state index in [1.807, 2.05) is 20.8 Å². The van der Waals surface area contributed by atoms with E-state index in [0.717, 1.165) is 5.00 Å². The predicted molar refractivity (Wildman–Crippen MR) is 92.8 cm³/mol. The number of carbonyl (C=O) groups excluding carboxylic acids is 1. The number of aryl methyl sites for hydroxylation is 2. The van der Waals surface area contributed by atoms with Gasteiger partial charge >= 0.3 is 0 Å². The van der Waals surface area contributed by atoms with Crippen LogP contribution < -0.4 is 5.73 Å². The van der Waals surface area contributed by atoms with Crippen molar-refractivity contribution >= 4 is 22.8 Å². The van der Waals surface area contributed by atoms with Crippen LogP contribution in [0, 0.1) is 6.92 Å². The van der Waals surface area contributed by atoms with Gasteiger partial charge in [-0.3, -0.25) is 4.79 Å². The monoisotopic (exact) mass is 313 g/mol. The van der Waals surface area contributed by atoms with E-state index in [9.17, 15) is 4.79 Å². The van der Waals surface area contributed by atoms with Gasteiger partial charge in [0.15, 0.2) is 0 Å². The molecule has 0 atom stereocenters. The Labute approximate surface area is 133 Å². The van der Waals surface area contributed by atoms with Gasteiger partial charge < -0.3 is 10.5 Å². The highest BCUT2D eigenvalue weighted by Gasteiger charge is 2.07. The van der Waals surface area contributed by atoms with Gasteiger partial charge in [-0.25, -0.2) is 0 Å². The normalized spacial score (nSPS) is 10.7. The minimum Gasteiger partial charge on any atom is -0.462 e. The van der Waals surface area contributed by atoms with E-state index in [1.54, 1.807) is 11.3 Å². The van der Waals surface area contributed by atoms with Gasteiger partial charge in [-0.15, -0.1) is 11.3 Å². The van der Waals surface area contributed by atoms with E-state index >= 15 is 0 Å². The highest BCUT2D eigenvalue weighted by Crippen LogP contribution is 2.25. The van der Waals surface area contributed by atoms with Crippen molar-refractivity contribution in [1.82, 2.24) is 0 Å². The first-order valence-electron chi connectivity index (χ1n) is 7.76. The molecular formula is C17H31NO2S. The Bertz CT molecular complexity index is 394. The number of hydrogen-bond donors (Lipinski definition) is 1. The first kappa shape index (κ1) is 20.0. The number of hydrogen-bond acceptors (Lipinski definition) is 4. The Morgan fingerprint density at radius 1 is 1.24 bits per heavy atom. The SMILES string of the molecule is CC(C)(C)OC=O.CCCCCCCc1sc(N)cc1C. The van der Waals surface area contributed by atoms with Gasteiger partial charge in [0.05, 0.1) is 5.00 Å². The molecule has 0 amide bonds. The molecular weight excluding hydrogens is 282 g/mol. The second-order valence-electron chi connectivity index (χ2n) is 6.25. The van der Waals surface area contributed by atoms with Gasteiger partial charge in [-0.2, -0.15) is 0 Å². The smallest absolute Gasteiger partial charge is 0.293 e. The fourth-order valence-corrected chi connectivity index (χ4v) is 2.81. The van der Waals surface area contributed by atoms with Crippen LogP contribution in [0.2, 0.25) is 0 Å². The molecule has 0 saturated carbocycles. The molecule has 0 fully saturated rings. The van der Waals surface area contributed by atoms with Crippen molar-refractivity contribution in [2.75, 3.05) is 5.73 Å². The number of anilines is 1. The van der Waals surface area contributed by atoms with Crippen molar-refractivity contribution in [1.29, 1.82) is 0 Å². The lowest BCUT2D eigenvalue weighted by Gasteiger charge is -2.14. The van der Waals surface area contributed by atoms with Gasteiger partial charge in [-0.1, -0.05) is 32.6 Å². The lowest BCUT2D eigenvalue weighted by Crippen LogP contribution is -2.17. The van der Waals surface area contributed by atoms with E-state index in [2.05, 4.69) is 24.7 Å². The quantitative estimate of drug-likeness (QED) is 0.562. The molecule has 0 unspecified atom stereocenters. The lowest BCUT2D eigenvalue weighted by atomic mass is 10.1. The summed E-state index contributed by atoms with van der Waals surface area (Å²) in [5, 5.41) is 0.964. The maximum absolute atomic E-state index is 9.60. The molecule has 122 valence electrons.